The van der Waals surface area contributed by atoms with E-state index in [1.165, 1.54) is 6.92 Å². The molecule has 0 bridgehead atoms. The molecule has 0 saturated carbocycles. The third kappa shape index (κ3) is 4.67. The lowest BCUT2D eigenvalue weighted by Crippen LogP contribution is -2.19. The van der Waals surface area contributed by atoms with Crippen molar-refractivity contribution in [3.63, 3.8) is 0 Å². The van der Waals surface area contributed by atoms with E-state index in [2.05, 4.69) is 10.6 Å². The van der Waals surface area contributed by atoms with Crippen molar-refractivity contribution in [3.05, 3.63) is 59.7 Å². The maximum atomic E-state index is 12.1. The summed E-state index contributed by atoms with van der Waals surface area (Å²) in [6.07, 6.45) is 0.146. The van der Waals surface area contributed by atoms with E-state index in [1.54, 1.807) is 48.5 Å². The topological polar surface area (TPSA) is 101 Å². The minimum Gasteiger partial charge on any atom is -0.366 e. The van der Waals surface area contributed by atoms with E-state index in [-0.39, 0.29) is 23.8 Å². The summed E-state index contributed by atoms with van der Waals surface area (Å²) >= 11 is 0. The van der Waals surface area contributed by atoms with Crippen LogP contribution in [0.3, 0.4) is 0 Å². The van der Waals surface area contributed by atoms with Crippen LogP contribution in [0.4, 0.5) is 11.4 Å². The van der Waals surface area contributed by atoms with Gasteiger partial charge in [0.2, 0.25) is 11.8 Å². The zero-order valence-corrected chi connectivity index (χ0v) is 12.6. The normalized spacial score (nSPS) is 9.96. The van der Waals surface area contributed by atoms with Gasteiger partial charge in [-0.3, -0.25) is 14.4 Å². The number of hydrogen-bond donors (Lipinski definition) is 3. The van der Waals surface area contributed by atoms with Crippen LogP contribution in [0.1, 0.15) is 22.8 Å². The number of nitrogens with one attached hydrogen (secondary N) is 2. The first-order valence-corrected chi connectivity index (χ1v) is 7.01. The highest BCUT2D eigenvalue weighted by Crippen LogP contribution is 2.15. The Labute approximate surface area is 133 Å². The van der Waals surface area contributed by atoms with Crippen LogP contribution in [0.5, 0.6) is 0 Å². The number of hydrogen-bond acceptors (Lipinski definition) is 3. The number of carbonyl (C=O) groups excluding carboxylic acids is 3. The molecule has 6 nitrogen and oxygen atoms in total. The Morgan fingerprint density at radius 3 is 2.22 bits per heavy atom. The van der Waals surface area contributed by atoms with Crippen LogP contribution in [-0.4, -0.2) is 17.7 Å². The Bertz CT molecular complexity index is 739. The van der Waals surface area contributed by atoms with Crippen LogP contribution >= 0.6 is 0 Å². The summed E-state index contributed by atoms with van der Waals surface area (Å²) in [6, 6.07) is 13.5. The van der Waals surface area contributed by atoms with Crippen molar-refractivity contribution in [3.8, 4) is 0 Å². The summed E-state index contributed by atoms with van der Waals surface area (Å²) in [5.41, 5.74) is 7.38. The van der Waals surface area contributed by atoms with Gasteiger partial charge in [-0.15, -0.1) is 0 Å². The molecular formula is C17H17N3O3. The van der Waals surface area contributed by atoms with Gasteiger partial charge in [0.1, 0.15) is 0 Å². The Hall–Kier alpha value is -3.15. The number of amides is 3. The molecule has 6 heteroatoms. The molecule has 0 spiro atoms. The Morgan fingerprint density at radius 2 is 1.61 bits per heavy atom. The number of para-hydroxylation sites is 1. The summed E-state index contributed by atoms with van der Waals surface area (Å²) in [5.74, 6) is -1.01. The molecule has 2 aromatic carbocycles. The average molecular weight is 311 g/mol. The standard InChI is InChI=1S/C17H17N3O3/c1-11(21)19-13-8-6-12(7-9-13)10-16(22)20-15-5-3-2-4-14(15)17(18)23/h2-9H,10H2,1H3,(H2,18,23)(H,19,21)(H,20,22). The van der Waals surface area contributed by atoms with Crippen LogP contribution in [0, 0.1) is 0 Å². The molecule has 0 aliphatic rings. The van der Waals surface area contributed by atoms with E-state index in [1.807, 2.05) is 0 Å². The molecule has 0 unspecified atom stereocenters. The minimum absolute atomic E-state index is 0.146. The van der Waals surface area contributed by atoms with Gasteiger partial charge in [-0.05, 0) is 29.8 Å². The van der Waals surface area contributed by atoms with Gasteiger partial charge in [0, 0.05) is 12.6 Å². The first-order valence-electron chi connectivity index (χ1n) is 7.01. The fourth-order valence-electron chi connectivity index (χ4n) is 2.10. The van der Waals surface area contributed by atoms with Gasteiger partial charge in [-0.2, -0.15) is 0 Å². The molecule has 23 heavy (non-hydrogen) atoms. The predicted molar refractivity (Wildman–Crippen MR) is 88.0 cm³/mol. The van der Waals surface area contributed by atoms with Crippen molar-refractivity contribution >= 4 is 29.1 Å². The van der Waals surface area contributed by atoms with Crippen molar-refractivity contribution in [1.82, 2.24) is 0 Å². The molecule has 2 rings (SSSR count). The number of anilines is 2. The van der Waals surface area contributed by atoms with Crippen LogP contribution in [-0.2, 0) is 16.0 Å². The number of benzene rings is 2. The lowest BCUT2D eigenvalue weighted by Gasteiger charge is -2.09. The summed E-state index contributed by atoms with van der Waals surface area (Å²) in [4.78, 5) is 34.4. The summed E-state index contributed by atoms with van der Waals surface area (Å²) in [5, 5.41) is 5.33. The van der Waals surface area contributed by atoms with Crippen LogP contribution in [0.15, 0.2) is 48.5 Å². The van der Waals surface area contributed by atoms with E-state index >= 15 is 0 Å². The molecule has 0 aliphatic carbocycles. The maximum Gasteiger partial charge on any atom is 0.250 e. The number of primary amides is 1. The molecule has 0 aliphatic heterocycles. The van der Waals surface area contributed by atoms with Crippen molar-refractivity contribution < 1.29 is 14.4 Å². The van der Waals surface area contributed by atoms with Crippen LogP contribution in [0.25, 0.3) is 0 Å². The highest BCUT2D eigenvalue weighted by Gasteiger charge is 2.10. The van der Waals surface area contributed by atoms with Crippen LogP contribution in [0.2, 0.25) is 0 Å². The van der Waals surface area contributed by atoms with Gasteiger partial charge in [-0.1, -0.05) is 24.3 Å². The second-order valence-corrected chi connectivity index (χ2v) is 5.01. The van der Waals surface area contributed by atoms with E-state index in [0.29, 0.717) is 11.4 Å². The number of carbonyl (C=O) groups is 3. The Balaban J connectivity index is 2.02. The molecule has 0 aromatic heterocycles. The van der Waals surface area contributed by atoms with Gasteiger partial charge in [0.25, 0.3) is 5.91 Å². The molecule has 118 valence electrons. The average Bonchev–Trinajstić information content (AvgIpc) is 2.49. The maximum absolute atomic E-state index is 12.1. The highest BCUT2D eigenvalue weighted by molar-refractivity contribution is 6.03. The van der Waals surface area contributed by atoms with Gasteiger partial charge in [0.05, 0.1) is 17.7 Å². The zero-order chi connectivity index (χ0) is 16.8. The molecule has 0 atom stereocenters. The quantitative estimate of drug-likeness (QED) is 0.786. The van der Waals surface area contributed by atoms with E-state index in [0.717, 1.165) is 5.56 Å². The smallest absolute Gasteiger partial charge is 0.250 e. The summed E-state index contributed by atoms with van der Waals surface area (Å²) in [6.45, 7) is 1.43. The van der Waals surface area contributed by atoms with E-state index in [9.17, 15) is 14.4 Å². The van der Waals surface area contributed by atoms with Crippen molar-refractivity contribution in [2.24, 2.45) is 5.73 Å². The van der Waals surface area contributed by atoms with Gasteiger partial charge < -0.3 is 16.4 Å². The van der Waals surface area contributed by atoms with E-state index < -0.39 is 5.91 Å². The summed E-state index contributed by atoms with van der Waals surface area (Å²) < 4.78 is 0. The molecule has 0 heterocycles. The highest BCUT2D eigenvalue weighted by atomic mass is 16.2. The molecule has 0 fully saturated rings. The fraction of sp³-hybridized carbons (Fsp3) is 0.118. The third-order valence-electron chi connectivity index (χ3n) is 3.11. The first kappa shape index (κ1) is 16.2. The van der Waals surface area contributed by atoms with Gasteiger partial charge >= 0.3 is 0 Å². The zero-order valence-electron chi connectivity index (χ0n) is 12.6. The SMILES string of the molecule is CC(=O)Nc1ccc(CC(=O)Nc2ccccc2C(N)=O)cc1. The lowest BCUT2D eigenvalue weighted by molar-refractivity contribution is -0.116. The van der Waals surface area contributed by atoms with Crippen molar-refractivity contribution in [2.45, 2.75) is 13.3 Å². The van der Waals surface area contributed by atoms with Crippen molar-refractivity contribution in [2.75, 3.05) is 10.6 Å². The fourth-order valence-corrected chi connectivity index (χ4v) is 2.10. The molecule has 4 N–H and O–H groups in total. The Kier molecular flexibility index (Phi) is 5.09. The second kappa shape index (κ2) is 7.22. The first-order chi connectivity index (χ1) is 11.0. The van der Waals surface area contributed by atoms with Crippen molar-refractivity contribution in [1.29, 1.82) is 0 Å². The largest absolute Gasteiger partial charge is 0.366 e. The number of rotatable bonds is 5. The Morgan fingerprint density at radius 1 is 0.957 bits per heavy atom. The minimum atomic E-state index is -0.597. The molecular weight excluding hydrogens is 294 g/mol. The third-order valence-corrected chi connectivity index (χ3v) is 3.11. The second-order valence-electron chi connectivity index (χ2n) is 5.01. The molecule has 2 aromatic rings. The molecule has 3 amide bonds. The molecule has 0 saturated heterocycles. The van der Waals surface area contributed by atoms with Gasteiger partial charge in [-0.25, -0.2) is 0 Å². The summed E-state index contributed by atoms with van der Waals surface area (Å²) in [7, 11) is 0. The number of nitrogens with two attached hydrogens (primary N) is 1. The predicted octanol–water partition coefficient (Wildman–Crippen LogP) is 1.93. The van der Waals surface area contributed by atoms with E-state index in [4.69, 9.17) is 5.73 Å². The monoisotopic (exact) mass is 311 g/mol. The lowest BCUT2D eigenvalue weighted by atomic mass is 10.1. The van der Waals surface area contributed by atoms with Gasteiger partial charge in [0.15, 0.2) is 0 Å². The molecule has 0 radical (unpaired) electrons. The van der Waals surface area contributed by atoms with Crippen LogP contribution < -0.4 is 16.4 Å².